The summed E-state index contributed by atoms with van der Waals surface area (Å²) in [6, 6.07) is 16.8. The lowest BCUT2D eigenvalue weighted by Crippen LogP contribution is -2.32. The number of benzene rings is 2. The zero-order valence-corrected chi connectivity index (χ0v) is 19.1. The van der Waals surface area contributed by atoms with Crippen molar-refractivity contribution in [3.05, 3.63) is 65.2 Å². The van der Waals surface area contributed by atoms with Crippen LogP contribution in [0, 0.1) is 5.92 Å². The molecule has 166 valence electrons. The second-order valence-electron chi connectivity index (χ2n) is 9.49. The van der Waals surface area contributed by atoms with E-state index < -0.39 is 0 Å². The highest BCUT2D eigenvalue weighted by Gasteiger charge is 2.17. The summed E-state index contributed by atoms with van der Waals surface area (Å²) in [4.78, 5) is 17.7. The molecule has 1 N–H and O–H groups in total. The molecule has 2 aliphatic heterocycles. The highest BCUT2D eigenvalue weighted by atomic mass is 16.1. The van der Waals surface area contributed by atoms with Crippen LogP contribution in [0.5, 0.6) is 0 Å². The largest absolute Gasteiger partial charge is 0.372 e. The van der Waals surface area contributed by atoms with Crippen LogP contribution in [0.1, 0.15) is 73.5 Å². The molecule has 2 fully saturated rings. The first-order chi connectivity index (χ1) is 15.1. The van der Waals surface area contributed by atoms with Gasteiger partial charge in [-0.05, 0) is 87.0 Å². The predicted octanol–water partition coefficient (Wildman–Crippen LogP) is 5.40. The lowest BCUT2D eigenvalue weighted by Gasteiger charge is -2.32. The van der Waals surface area contributed by atoms with Crippen LogP contribution in [0.15, 0.2) is 48.5 Å². The minimum absolute atomic E-state index is 0.00822. The molecule has 2 aliphatic rings. The molecular weight excluding hydrogens is 382 g/mol. The lowest BCUT2D eigenvalue weighted by molar-refractivity contribution is 0.0940. The Morgan fingerprint density at radius 2 is 1.58 bits per heavy atom. The Balaban J connectivity index is 1.30. The normalized spacial score (nSPS) is 19.2. The van der Waals surface area contributed by atoms with Gasteiger partial charge in [-0.2, -0.15) is 0 Å². The summed E-state index contributed by atoms with van der Waals surface area (Å²) in [5.74, 6) is 0.829. The average Bonchev–Trinajstić information content (AvgIpc) is 2.81. The number of nitrogens with zero attached hydrogens (tertiary/aromatic N) is 2. The zero-order valence-electron chi connectivity index (χ0n) is 19.1. The minimum atomic E-state index is -0.0176. The Kier molecular flexibility index (Phi) is 7.29. The van der Waals surface area contributed by atoms with Gasteiger partial charge in [0.2, 0.25) is 0 Å². The van der Waals surface area contributed by atoms with Crippen molar-refractivity contribution in [3.63, 3.8) is 0 Å². The van der Waals surface area contributed by atoms with E-state index in [-0.39, 0.29) is 11.9 Å². The van der Waals surface area contributed by atoms with E-state index in [2.05, 4.69) is 65.4 Å². The number of likely N-dealkylation sites (tertiary alicyclic amines) is 1. The molecule has 4 heteroatoms. The summed E-state index contributed by atoms with van der Waals surface area (Å²) in [7, 11) is 0. The molecule has 0 saturated carbocycles. The van der Waals surface area contributed by atoms with Crippen LogP contribution in [-0.2, 0) is 6.54 Å². The van der Waals surface area contributed by atoms with Gasteiger partial charge in [-0.25, -0.2) is 0 Å². The monoisotopic (exact) mass is 419 g/mol. The molecule has 0 aromatic heterocycles. The molecule has 0 unspecified atom stereocenters. The van der Waals surface area contributed by atoms with E-state index in [9.17, 15) is 4.79 Å². The molecule has 2 aromatic carbocycles. The predicted molar refractivity (Wildman–Crippen MR) is 129 cm³/mol. The molecule has 31 heavy (non-hydrogen) atoms. The number of hydrogen-bond donors (Lipinski definition) is 1. The lowest BCUT2D eigenvalue weighted by atomic mass is 9.98. The van der Waals surface area contributed by atoms with Crippen LogP contribution in [0.25, 0.3) is 0 Å². The summed E-state index contributed by atoms with van der Waals surface area (Å²) in [5.41, 5.74) is 4.45. The second-order valence-corrected chi connectivity index (χ2v) is 9.49. The van der Waals surface area contributed by atoms with Crippen LogP contribution < -0.4 is 10.2 Å². The van der Waals surface area contributed by atoms with E-state index in [1.807, 2.05) is 12.1 Å². The first-order valence-electron chi connectivity index (χ1n) is 12.1. The third-order valence-corrected chi connectivity index (χ3v) is 6.96. The Labute approximate surface area is 187 Å². The van der Waals surface area contributed by atoms with Crippen molar-refractivity contribution in [2.45, 2.75) is 58.5 Å². The van der Waals surface area contributed by atoms with Crippen molar-refractivity contribution in [2.75, 3.05) is 31.1 Å². The van der Waals surface area contributed by atoms with E-state index in [0.717, 1.165) is 36.7 Å². The fourth-order valence-corrected chi connectivity index (χ4v) is 4.74. The van der Waals surface area contributed by atoms with E-state index in [0.29, 0.717) is 0 Å². The topological polar surface area (TPSA) is 35.6 Å². The molecule has 2 heterocycles. The van der Waals surface area contributed by atoms with Crippen molar-refractivity contribution in [3.8, 4) is 0 Å². The Bertz CT molecular complexity index is 832. The van der Waals surface area contributed by atoms with Crippen molar-refractivity contribution in [2.24, 2.45) is 5.92 Å². The highest BCUT2D eigenvalue weighted by Crippen LogP contribution is 2.25. The van der Waals surface area contributed by atoms with Gasteiger partial charge in [0, 0.05) is 30.9 Å². The smallest absolute Gasteiger partial charge is 0.251 e. The number of nitrogens with one attached hydrogen (secondary N) is 1. The van der Waals surface area contributed by atoms with Crippen molar-refractivity contribution < 1.29 is 4.79 Å². The number of amides is 1. The van der Waals surface area contributed by atoms with Crippen molar-refractivity contribution >= 4 is 11.6 Å². The van der Waals surface area contributed by atoms with Gasteiger partial charge in [0.1, 0.15) is 0 Å². The van der Waals surface area contributed by atoms with Gasteiger partial charge in [0.05, 0.1) is 6.04 Å². The molecule has 1 atom stereocenters. The first-order valence-corrected chi connectivity index (χ1v) is 12.1. The van der Waals surface area contributed by atoms with Gasteiger partial charge < -0.3 is 10.2 Å². The molecule has 0 spiro atoms. The Morgan fingerprint density at radius 3 is 2.23 bits per heavy atom. The van der Waals surface area contributed by atoms with Crippen molar-refractivity contribution in [1.29, 1.82) is 0 Å². The number of rotatable bonds is 6. The molecule has 0 aliphatic carbocycles. The maximum Gasteiger partial charge on any atom is 0.251 e. The number of anilines is 1. The van der Waals surface area contributed by atoms with E-state index in [1.165, 1.54) is 56.4 Å². The van der Waals surface area contributed by atoms with E-state index >= 15 is 0 Å². The van der Waals surface area contributed by atoms with E-state index in [4.69, 9.17) is 0 Å². The summed E-state index contributed by atoms with van der Waals surface area (Å²) >= 11 is 0. The Morgan fingerprint density at radius 1 is 0.935 bits per heavy atom. The average molecular weight is 420 g/mol. The van der Waals surface area contributed by atoms with Crippen LogP contribution in [0.2, 0.25) is 0 Å². The fourth-order valence-electron chi connectivity index (χ4n) is 4.74. The molecule has 0 radical (unpaired) electrons. The SMILES string of the molecule is CC1CCN(c2ccc([C@H](C)NC(=O)c3ccc(CN4CCCCC4)cc3)cc2)CC1. The van der Waals surface area contributed by atoms with Gasteiger partial charge in [-0.1, -0.05) is 37.6 Å². The molecule has 4 rings (SSSR count). The quantitative estimate of drug-likeness (QED) is 0.681. The number of carbonyl (C=O) groups is 1. The maximum atomic E-state index is 12.7. The second kappa shape index (κ2) is 10.3. The molecule has 2 aromatic rings. The summed E-state index contributed by atoms with van der Waals surface area (Å²) in [6.45, 7) is 10.0. The van der Waals surface area contributed by atoms with Crippen molar-refractivity contribution in [1.82, 2.24) is 10.2 Å². The summed E-state index contributed by atoms with van der Waals surface area (Å²) in [6.07, 6.45) is 6.50. The van der Waals surface area contributed by atoms with Gasteiger partial charge in [0.25, 0.3) is 5.91 Å². The number of hydrogen-bond acceptors (Lipinski definition) is 3. The van der Waals surface area contributed by atoms with Gasteiger partial charge in [-0.3, -0.25) is 9.69 Å². The number of piperidine rings is 2. The van der Waals surface area contributed by atoms with Crippen LogP contribution in [0.3, 0.4) is 0 Å². The molecule has 1 amide bonds. The highest BCUT2D eigenvalue weighted by molar-refractivity contribution is 5.94. The number of carbonyl (C=O) groups excluding carboxylic acids is 1. The van der Waals surface area contributed by atoms with Gasteiger partial charge in [-0.15, -0.1) is 0 Å². The molecule has 0 bridgehead atoms. The van der Waals surface area contributed by atoms with Crippen LogP contribution in [-0.4, -0.2) is 37.0 Å². The molecule has 2 saturated heterocycles. The molecule has 4 nitrogen and oxygen atoms in total. The fraction of sp³-hybridized carbons (Fsp3) is 0.519. The zero-order chi connectivity index (χ0) is 21.6. The summed E-state index contributed by atoms with van der Waals surface area (Å²) < 4.78 is 0. The van der Waals surface area contributed by atoms with Gasteiger partial charge in [0.15, 0.2) is 0 Å². The standard InChI is InChI=1S/C27H37N3O/c1-21-14-18-30(19-15-21)26-12-10-24(11-13-26)22(2)28-27(31)25-8-6-23(7-9-25)20-29-16-4-3-5-17-29/h6-13,21-22H,3-5,14-20H2,1-2H3,(H,28,31)/t22-/m0/s1. The Hall–Kier alpha value is -2.33. The van der Waals surface area contributed by atoms with E-state index in [1.54, 1.807) is 0 Å². The minimum Gasteiger partial charge on any atom is -0.372 e. The third-order valence-electron chi connectivity index (χ3n) is 6.96. The maximum absolute atomic E-state index is 12.7. The van der Waals surface area contributed by atoms with Crippen LogP contribution >= 0.6 is 0 Å². The molecular formula is C27H37N3O. The first kappa shape index (κ1) is 21.9. The third kappa shape index (κ3) is 5.88. The van der Waals surface area contributed by atoms with Gasteiger partial charge >= 0.3 is 0 Å². The van der Waals surface area contributed by atoms with Crippen LogP contribution in [0.4, 0.5) is 5.69 Å². The summed E-state index contributed by atoms with van der Waals surface area (Å²) in [5, 5.41) is 3.16.